The molecule has 0 atom stereocenters. The van der Waals surface area contributed by atoms with Crippen molar-refractivity contribution in [3.05, 3.63) is 0 Å². The molecule has 0 aromatic rings. The molecular formula is C22H44N6O2. The minimum atomic E-state index is 0.183. The molecule has 0 radical (unpaired) electrons. The van der Waals surface area contributed by atoms with Crippen LogP contribution in [0.3, 0.4) is 0 Å². The van der Waals surface area contributed by atoms with Gasteiger partial charge in [0.25, 0.3) is 0 Å². The fourth-order valence-electron chi connectivity index (χ4n) is 4.03. The van der Waals surface area contributed by atoms with Crippen LogP contribution in [0, 0.1) is 0 Å². The first kappa shape index (κ1) is 25.0. The van der Waals surface area contributed by atoms with Gasteiger partial charge in [-0.05, 0) is 12.8 Å². The first-order chi connectivity index (χ1) is 14.7. The molecular weight excluding hydrogens is 380 g/mol. The Bertz CT molecular complexity index is 423. The second-order valence-corrected chi connectivity index (χ2v) is 8.50. The predicted molar refractivity (Wildman–Crippen MR) is 122 cm³/mol. The maximum absolute atomic E-state index is 11.9. The van der Waals surface area contributed by atoms with Crippen LogP contribution in [0.25, 0.3) is 0 Å². The van der Waals surface area contributed by atoms with E-state index in [1.165, 1.54) is 0 Å². The van der Waals surface area contributed by atoms with Crippen molar-refractivity contribution < 1.29 is 9.59 Å². The van der Waals surface area contributed by atoms with Gasteiger partial charge < -0.3 is 21.3 Å². The summed E-state index contributed by atoms with van der Waals surface area (Å²) in [5.74, 6) is 0.366. The lowest BCUT2D eigenvalue weighted by Crippen LogP contribution is -2.46. The zero-order valence-corrected chi connectivity index (χ0v) is 18.9. The number of rotatable bonds is 15. The van der Waals surface area contributed by atoms with Gasteiger partial charge in [0.2, 0.25) is 11.8 Å². The molecule has 0 aliphatic carbocycles. The van der Waals surface area contributed by atoms with Crippen LogP contribution >= 0.6 is 0 Å². The monoisotopic (exact) mass is 424 g/mol. The molecule has 0 saturated carbocycles. The molecule has 0 bridgehead atoms. The zero-order valence-electron chi connectivity index (χ0n) is 18.9. The lowest BCUT2D eigenvalue weighted by molar-refractivity contribution is -0.122. The van der Waals surface area contributed by atoms with Gasteiger partial charge in [-0.25, -0.2) is 0 Å². The summed E-state index contributed by atoms with van der Waals surface area (Å²) < 4.78 is 0. The standard InChI is InChI=1S/C22H44N6O2/c29-21(25-13-19-27-15-9-23-10-16-27)7-5-3-1-2-4-6-8-22(30)26-14-20-28-17-11-24-12-18-28/h23-24H,1-20H2,(H,25,29)(H,26,30). The summed E-state index contributed by atoms with van der Waals surface area (Å²) in [4.78, 5) is 28.6. The summed E-state index contributed by atoms with van der Waals surface area (Å²) in [5, 5.41) is 12.8. The van der Waals surface area contributed by atoms with Crippen LogP contribution in [0.15, 0.2) is 0 Å². The number of hydrogen-bond donors (Lipinski definition) is 4. The summed E-state index contributed by atoms with van der Waals surface area (Å²) in [6, 6.07) is 0. The molecule has 174 valence electrons. The van der Waals surface area contributed by atoms with E-state index < -0.39 is 0 Å². The summed E-state index contributed by atoms with van der Waals surface area (Å²) in [6.07, 6.45) is 7.70. The third kappa shape index (κ3) is 12.5. The van der Waals surface area contributed by atoms with Crippen molar-refractivity contribution in [3.63, 3.8) is 0 Å². The highest BCUT2D eigenvalue weighted by Crippen LogP contribution is 2.08. The molecule has 2 heterocycles. The number of carbonyl (C=O) groups excluding carboxylic acids is 2. The van der Waals surface area contributed by atoms with Crippen LogP contribution < -0.4 is 21.3 Å². The average molecular weight is 425 g/mol. The van der Waals surface area contributed by atoms with Crippen molar-refractivity contribution in [2.45, 2.75) is 51.4 Å². The Balaban J connectivity index is 1.30. The van der Waals surface area contributed by atoms with Gasteiger partial charge in [-0.3, -0.25) is 19.4 Å². The highest BCUT2D eigenvalue weighted by Gasteiger charge is 2.10. The maximum Gasteiger partial charge on any atom is 0.220 e. The Morgan fingerprint density at radius 2 is 0.967 bits per heavy atom. The Morgan fingerprint density at radius 1 is 0.600 bits per heavy atom. The van der Waals surface area contributed by atoms with Gasteiger partial charge in [0.05, 0.1) is 0 Å². The van der Waals surface area contributed by atoms with Crippen LogP contribution in [0.2, 0.25) is 0 Å². The van der Waals surface area contributed by atoms with E-state index in [0.717, 1.165) is 117 Å². The second kappa shape index (κ2) is 16.5. The first-order valence-electron chi connectivity index (χ1n) is 12.1. The summed E-state index contributed by atoms with van der Waals surface area (Å²) in [7, 11) is 0. The van der Waals surface area contributed by atoms with E-state index in [1.54, 1.807) is 0 Å². The zero-order chi connectivity index (χ0) is 21.3. The van der Waals surface area contributed by atoms with Gasteiger partial charge >= 0.3 is 0 Å². The third-order valence-electron chi connectivity index (χ3n) is 5.98. The summed E-state index contributed by atoms with van der Waals surface area (Å²) in [6.45, 7) is 11.9. The van der Waals surface area contributed by atoms with Crippen molar-refractivity contribution >= 4 is 11.8 Å². The van der Waals surface area contributed by atoms with Crippen molar-refractivity contribution in [2.24, 2.45) is 0 Å². The molecule has 8 heteroatoms. The van der Waals surface area contributed by atoms with E-state index in [2.05, 4.69) is 31.1 Å². The lowest BCUT2D eigenvalue weighted by Gasteiger charge is -2.27. The summed E-state index contributed by atoms with van der Waals surface area (Å²) >= 11 is 0. The fraction of sp³-hybridized carbons (Fsp3) is 0.909. The van der Waals surface area contributed by atoms with Gasteiger partial charge in [0.15, 0.2) is 0 Å². The van der Waals surface area contributed by atoms with Crippen LogP contribution in [0.1, 0.15) is 51.4 Å². The molecule has 2 rings (SSSR count). The van der Waals surface area contributed by atoms with E-state index in [0.29, 0.717) is 12.8 Å². The van der Waals surface area contributed by atoms with Crippen molar-refractivity contribution in [2.75, 3.05) is 78.5 Å². The minimum Gasteiger partial charge on any atom is -0.355 e. The maximum atomic E-state index is 11.9. The van der Waals surface area contributed by atoms with Crippen LogP contribution in [0.4, 0.5) is 0 Å². The van der Waals surface area contributed by atoms with E-state index in [1.807, 2.05) is 0 Å². The quantitative estimate of drug-likeness (QED) is 0.280. The number of nitrogens with one attached hydrogen (secondary N) is 4. The number of piperazine rings is 2. The molecule has 2 fully saturated rings. The van der Waals surface area contributed by atoms with Crippen molar-refractivity contribution in [1.29, 1.82) is 0 Å². The largest absolute Gasteiger partial charge is 0.355 e. The Labute approximate surface area is 182 Å². The highest BCUT2D eigenvalue weighted by molar-refractivity contribution is 5.76. The fourth-order valence-corrected chi connectivity index (χ4v) is 4.03. The molecule has 2 aliphatic rings. The Morgan fingerprint density at radius 3 is 1.37 bits per heavy atom. The molecule has 2 aliphatic heterocycles. The normalized spacial score (nSPS) is 18.3. The lowest BCUT2D eigenvalue weighted by atomic mass is 10.1. The van der Waals surface area contributed by atoms with Gasteiger partial charge in [0, 0.05) is 91.4 Å². The number of carbonyl (C=O) groups is 2. The molecule has 8 nitrogen and oxygen atoms in total. The van der Waals surface area contributed by atoms with Crippen molar-refractivity contribution in [3.8, 4) is 0 Å². The molecule has 4 N–H and O–H groups in total. The third-order valence-corrected chi connectivity index (χ3v) is 5.98. The second-order valence-electron chi connectivity index (χ2n) is 8.50. The predicted octanol–water partition coefficient (Wildman–Crippen LogP) is 0.150. The van der Waals surface area contributed by atoms with Crippen LogP contribution in [-0.2, 0) is 9.59 Å². The molecule has 2 saturated heterocycles. The van der Waals surface area contributed by atoms with Gasteiger partial charge in [-0.1, -0.05) is 25.7 Å². The van der Waals surface area contributed by atoms with E-state index >= 15 is 0 Å². The van der Waals surface area contributed by atoms with Crippen molar-refractivity contribution in [1.82, 2.24) is 31.1 Å². The number of nitrogens with zero attached hydrogens (tertiary/aromatic N) is 2. The SMILES string of the molecule is O=C(CCCCCCCCC(=O)NCCN1CCNCC1)NCCN1CCNCC1. The van der Waals surface area contributed by atoms with Crippen LogP contribution in [-0.4, -0.2) is 100 Å². The minimum absolute atomic E-state index is 0.183. The molecule has 0 spiro atoms. The highest BCUT2D eigenvalue weighted by atomic mass is 16.2. The molecule has 0 aromatic carbocycles. The van der Waals surface area contributed by atoms with Gasteiger partial charge in [0.1, 0.15) is 0 Å². The topological polar surface area (TPSA) is 88.7 Å². The number of hydrogen-bond acceptors (Lipinski definition) is 6. The van der Waals surface area contributed by atoms with Gasteiger partial charge in [-0.2, -0.15) is 0 Å². The van der Waals surface area contributed by atoms with E-state index in [9.17, 15) is 9.59 Å². The van der Waals surface area contributed by atoms with E-state index in [-0.39, 0.29) is 11.8 Å². The average Bonchev–Trinajstić information content (AvgIpc) is 2.77. The first-order valence-corrected chi connectivity index (χ1v) is 12.1. The summed E-state index contributed by atoms with van der Waals surface area (Å²) in [5.41, 5.74) is 0. The molecule has 30 heavy (non-hydrogen) atoms. The Kier molecular flexibility index (Phi) is 13.7. The molecule has 2 amide bonds. The Hall–Kier alpha value is -1.22. The smallest absolute Gasteiger partial charge is 0.220 e. The van der Waals surface area contributed by atoms with Crippen LogP contribution in [0.5, 0.6) is 0 Å². The van der Waals surface area contributed by atoms with Gasteiger partial charge in [-0.15, -0.1) is 0 Å². The molecule has 0 aromatic heterocycles. The molecule has 0 unspecified atom stereocenters. The number of unbranched alkanes of at least 4 members (excludes halogenated alkanes) is 5. The van der Waals surface area contributed by atoms with E-state index in [4.69, 9.17) is 0 Å². The number of amides is 2.